The average molecular weight is 441 g/mol. The van der Waals surface area contributed by atoms with Crippen LogP contribution in [0.1, 0.15) is 50.8 Å². The first-order chi connectivity index (χ1) is 15.0. The van der Waals surface area contributed by atoms with Crippen molar-refractivity contribution in [2.45, 2.75) is 66.1 Å². The van der Waals surface area contributed by atoms with Crippen molar-refractivity contribution in [3.05, 3.63) is 59.2 Å². The number of nitrogens with one attached hydrogen (secondary N) is 1. The number of ether oxygens (including phenoxy) is 2. The fourth-order valence-corrected chi connectivity index (χ4v) is 3.58. The molecule has 0 spiro atoms. The number of hydrogen-bond donors (Lipinski definition) is 1. The first kappa shape index (κ1) is 25.2. The molecule has 0 saturated heterocycles. The summed E-state index contributed by atoms with van der Waals surface area (Å²) in [6, 6.07) is 12.7. The molecule has 0 fully saturated rings. The average Bonchev–Trinajstić information content (AvgIpc) is 2.70. The van der Waals surface area contributed by atoms with E-state index >= 15 is 0 Å². The Morgan fingerprint density at radius 3 is 2.25 bits per heavy atom. The van der Waals surface area contributed by atoms with E-state index in [1.807, 2.05) is 84.0 Å². The van der Waals surface area contributed by atoms with Crippen molar-refractivity contribution in [2.75, 3.05) is 13.7 Å². The molecule has 0 aromatic heterocycles. The summed E-state index contributed by atoms with van der Waals surface area (Å²) < 4.78 is 11.1. The van der Waals surface area contributed by atoms with Gasteiger partial charge in [-0.1, -0.05) is 25.1 Å². The van der Waals surface area contributed by atoms with Crippen LogP contribution in [0.5, 0.6) is 11.5 Å². The monoisotopic (exact) mass is 440 g/mol. The van der Waals surface area contributed by atoms with Crippen molar-refractivity contribution in [1.29, 1.82) is 0 Å². The molecule has 2 rings (SSSR count). The van der Waals surface area contributed by atoms with E-state index in [0.29, 0.717) is 17.9 Å². The zero-order valence-electron chi connectivity index (χ0n) is 20.3. The van der Waals surface area contributed by atoms with Crippen molar-refractivity contribution in [1.82, 2.24) is 10.2 Å². The number of nitrogens with zero attached hydrogens (tertiary/aromatic N) is 1. The number of aryl methyl sites for hydroxylation is 2. The van der Waals surface area contributed by atoms with Gasteiger partial charge in [0, 0.05) is 12.1 Å². The van der Waals surface area contributed by atoms with E-state index in [4.69, 9.17) is 9.47 Å². The number of methoxy groups -OCH3 is 1. The van der Waals surface area contributed by atoms with E-state index in [2.05, 4.69) is 5.32 Å². The van der Waals surface area contributed by atoms with E-state index < -0.39 is 11.6 Å². The molecule has 0 heterocycles. The van der Waals surface area contributed by atoms with Crippen LogP contribution in [0.25, 0.3) is 0 Å². The second-order valence-corrected chi connectivity index (χ2v) is 9.15. The molecule has 2 amide bonds. The quantitative estimate of drug-likeness (QED) is 0.627. The standard InChI is InChI=1S/C26H36N2O4/c1-8-23(25(30)27-26(4,5)6)28(16-20-10-9-11-21(15-20)31-7)24(29)17-32-22-13-18(2)12-19(3)14-22/h9-15,23H,8,16-17H2,1-7H3,(H,27,30)/t23-/m0/s1. The van der Waals surface area contributed by atoms with Crippen LogP contribution in [0.4, 0.5) is 0 Å². The molecule has 0 bridgehead atoms. The summed E-state index contributed by atoms with van der Waals surface area (Å²) in [6.07, 6.45) is 0.487. The van der Waals surface area contributed by atoms with Crippen LogP contribution in [0.2, 0.25) is 0 Å². The summed E-state index contributed by atoms with van der Waals surface area (Å²) in [7, 11) is 1.60. The van der Waals surface area contributed by atoms with Gasteiger partial charge in [0.25, 0.3) is 5.91 Å². The lowest BCUT2D eigenvalue weighted by atomic mass is 10.1. The van der Waals surface area contributed by atoms with Gasteiger partial charge < -0.3 is 19.7 Å². The number of hydrogen-bond acceptors (Lipinski definition) is 4. The highest BCUT2D eigenvalue weighted by Crippen LogP contribution is 2.20. The number of rotatable bonds is 9. The maximum Gasteiger partial charge on any atom is 0.261 e. The highest BCUT2D eigenvalue weighted by atomic mass is 16.5. The number of carbonyl (C=O) groups is 2. The molecule has 0 unspecified atom stereocenters. The van der Waals surface area contributed by atoms with Crippen molar-refractivity contribution in [3.8, 4) is 11.5 Å². The van der Waals surface area contributed by atoms with Gasteiger partial charge in [-0.15, -0.1) is 0 Å². The molecule has 32 heavy (non-hydrogen) atoms. The van der Waals surface area contributed by atoms with E-state index in [9.17, 15) is 9.59 Å². The van der Waals surface area contributed by atoms with Gasteiger partial charge in [0.2, 0.25) is 5.91 Å². The van der Waals surface area contributed by atoms with E-state index in [1.54, 1.807) is 12.0 Å². The zero-order valence-corrected chi connectivity index (χ0v) is 20.3. The first-order valence-electron chi connectivity index (χ1n) is 11.0. The minimum Gasteiger partial charge on any atom is -0.497 e. The van der Waals surface area contributed by atoms with E-state index in [-0.39, 0.29) is 25.0 Å². The maximum absolute atomic E-state index is 13.3. The molecule has 2 aromatic rings. The van der Waals surface area contributed by atoms with Gasteiger partial charge >= 0.3 is 0 Å². The smallest absolute Gasteiger partial charge is 0.261 e. The van der Waals surface area contributed by atoms with Gasteiger partial charge in [0.05, 0.1) is 7.11 Å². The summed E-state index contributed by atoms with van der Waals surface area (Å²) in [5, 5.41) is 3.00. The predicted molar refractivity (Wildman–Crippen MR) is 127 cm³/mol. The normalized spacial score (nSPS) is 12.1. The summed E-state index contributed by atoms with van der Waals surface area (Å²) in [5.41, 5.74) is 2.62. The lowest BCUT2D eigenvalue weighted by Gasteiger charge is -2.33. The van der Waals surface area contributed by atoms with Crippen molar-refractivity contribution >= 4 is 11.8 Å². The highest BCUT2D eigenvalue weighted by Gasteiger charge is 2.31. The van der Waals surface area contributed by atoms with Gasteiger partial charge in [0.1, 0.15) is 17.5 Å². The summed E-state index contributed by atoms with van der Waals surface area (Å²) in [5.74, 6) is 0.920. The number of carbonyl (C=O) groups excluding carboxylic acids is 2. The minimum absolute atomic E-state index is 0.147. The Hall–Kier alpha value is -3.02. The SMILES string of the molecule is CC[C@@H](C(=O)NC(C)(C)C)N(Cc1cccc(OC)c1)C(=O)COc1cc(C)cc(C)c1. The Morgan fingerprint density at radius 2 is 1.69 bits per heavy atom. The second kappa shape index (κ2) is 11.0. The lowest BCUT2D eigenvalue weighted by molar-refractivity contribution is -0.143. The van der Waals surface area contributed by atoms with Crippen LogP contribution in [-0.2, 0) is 16.1 Å². The van der Waals surface area contributed by atoms with Crippen molar-refractivity contribution < 1.29 is 19.1 Å². The molecule has 1 N–H and O–H groups in total. The molecular weight excluding hydrogens is 404 g/mol. The van der Waals surface area contributed by atoms with Crippen LogP contribution in [-0.4, -0.2) is 42.0 Å². The molecule has 1 atom stereocenters. The molecule has 0 aliphatic heterocycles. The van der Waals surface area contributed by atoms with Gasteiger partial charge in [-0.05, 0) is 82.0 Å². The van der Waals surface area contributed by atoms with Gasteiger partial charge in [-0.3, -0.25) is 9.59 Å². The van der Waals surface area contributed by atoms with Crippen LogP contribution in [0, 0.1) is 13.8 Å². The number of benzene rings is 2. The van der Waals surface area contributed by atoms with Crippen LogP contribution >= 0.6 is 0 Å². The van der Waals surface area contributed by atoms with Crippen LogP contribution in [0.3, 0.4) is 0 Å². The van der Waals surface area contributed by atoms with E-state index in [0.717, 1.165) is 16.7 Å². The Bertz CT molecular complexity index is 913. The zero-order chi connectivity index (χ0) is 23.9. The third-order valence-electron chi connectivity index (χ3n) is 4.93. The third-order valence-corrected chi connectivity index (χ3v) is 4.93. The fourth-order valence-electron chi connectivity index (χ4n) is 3.58. The minimum atomic E-state index is -0.615. The fraction of sp³-hybridized carbons (Fsp3) is 0.462. The Morgan fingerprint density at radius 1 is 1.03 bits per heavy atom. The van der Waals surface area contributed by atoms with Crippen molar-refractivity contribution in [3.63, 3.8) is 0 Å². The summed E-state index contributed by atoms with van der Waals surface area (Å²) in [6.45, 7) is 11.8. The molecule has 0 saturated carbocycles. The number of amides is 2. The van der Waals surface area contributed by atoms with Gasteiger partial charge in [-0.2, -0.15) is 0 Å². The third kappa shape index (κ3) is 7.59. The Kier molecular flexibility index (Phi) is 8.70. The molecule has 6 heteroatoms. The van der Waals surface area contributed by atoms with E-state index in [1.165, 1.54) is 0 Å². The largest absolute Gasteiger partial charge is 0.497 e. The van der Waals surface area contributed by atoms with Crippen molar-refractivity contribution in [2.24, 2.45) is 0 Å². The van der Waals surface area contributed by atoms with Crippen LogP contribution < -0.4 is 14.8 Å². The van der Waals surface area contributed by atoms with Gasteiger partial charge in [-0.25, -0.2) is 0 Å². The first-order valence-corrected chi connectivity index (χ1v) is 11.0. The Labute approximate surface area is 191 Å². The molecule has 0 aliphatic rings. The maximum atomic E-state index is 13.3. The van der Waals surface area contributed by atoms with Crippen LogP contribution in [0.15, 0.2) is 42.5 Å². The molecule has 174 valence electrons. The molecule has 0 radical (unpaired) electrons. The van der Waals surface area contributed by atoms with Gasteiger partial charge in [0.15, 0.2) is 6.61 Å². The Balaban J connectivity index is 2.28. The predicted octanol–water partition coefficient (Wildman–Crippen LogP) is 4.41. The summed E-state index contributed by atoms with van der Waals surface area (Å²) >= 11 is 0. The second-order valence-electron chi connectivity index (χ2n) is 9.15. The molecular formula is C26H36N2O4. The molecule has 6 nitrogen and oxygen atoms in total. The molecule has 0 aliphatic carbocycles. The highest BCUT2D eigenvalue weighted by molar-refractivity contribution is 5.88. The lowest BCUT2D eigenvalue weighted by Crippen LogP contribution is -2.54. The summed E-state index contributed by atoms with van der Waals surface area (Å²) in [4.78, 5) is 27.9. The molecule has 2 aromatic carbocycles. The topological polar surface area (TPSA) is 67.9 Å².